The maximum absolute atomic E-state index is 14.1. The van der Waals surface area contributed by atoms with Crippen LogP contribution in [0.3, 0.4) is 0 Å². The van der Waals surface area contributed by atoms with Crippen LogP contribution in [0.2, 0.25) is 0 Å². The van der Waals surface area contributed by atoms with Crippen LogP contribution in [-0.4, -0.2) is 41.7 Å². The molecule has 0 saturated heterocycles. The molecule has 1 aromatic rings. The van der Waals surface area contributed by atoms with Crippen molar-refractivity contribution in [2.45, 2.75) is 75.8 Å². The van der Waals surface area contributed by atoms with Gasteiger partial charge in [-0.1, -0.05) is 20.8 Å². The summed E-state index contributed by atoms with van der Waals surface area (Å²) in [6.45, 7) is 5.60. The average Bonchev–Trinajstić information content (AvgIpc) is 3.07. The van der Waals surface area contributed by atoms with Crippen LogP contribution in [0.25, 0.3) is 0 Å². The molecule has 1 aliphatic carbocycles. The van der Waals surface area contributed by atoms with Gasteiger partial charge >= 0.3 is 41.7 Å². The SMILES string of the molecule is CC(C)(C)C1CCc2c(sc(NC(=O)C(F)(F)C(F)(F)C(F)(F)C(F)(F)C(F)(F)C(F)(F)F)c2C#N)C1. The number of carbonyl (C=O) groups is 1. The summed E-state index contributed by atoms with van der Waals surface area (Å²) in [7, 11) is 0. The number of halogens is 13. The fraction of sp³-hybridized carbons (Fsp3) is 0.700. The monoisotopic (exact) mass is 580 g/mol. The highest BCUT2D eigenvalue weighted by atomic mass is 32.1. The molecule has 1 aliphatic rings. The largest absolute Gasteiger partial charge is 0.460 e. The minimum absolute atomic E-state index is 0.0178. The maximum Gasteiger partial charge on any atom is 0.460 e. The van der Waals surface area contributed by atoms with Gasteiger partial charge in [0.1, 0.15) is 11.1 Å². The summed E-state index contributed by atoms with van der Waals surface area (Å²) in [5.74, 6) is -42.2. The first-order valence-corrected chi connectivity index (χ1v) is 10.9. The lowest BCUT2D eigenvalue weighted by molar-refractivity contribution is -0.435. The van der Waals surface area contributed by atoms with E-state index in [1.54, 1.807) is 0 Å². The zero-order chi connectivity index (χ0) is 29.2. The van der Waals surface area contributed by atoms with Crippen molar-refractivity contribution in [2.24, 2.45) is 11.3 Å². The Morgan fingerprint density at radius 1 is 0.865 bits per heavy atom. The lowest BCUT2D eigenvalue weighted by atomic mass is 9.72. The molecular weight excluding hydrogens is 563 g/mol. The zero-order valence-corrected chi connectivity index (χ0v) is 19.7. The van der Waals surface area contributed by atoms with E-state index in [2.05, 4.69) is 0 Å². The number of hydrogen-bond donors (Lipinski definition) is 1. The van der Waals surface area contributed by atoms with Crippen molar-refractivity contribution < 1.29 is 61.9 Å². The summed E-state index contributed by atoms with van der Waals surface area (Å²) in [6, 6.07) is 1.51. The molecule has 0 bridgehead atoms. The van der Waals surface area contributed by atoms with Crippen molar-refractivity contribution in [3.05, 3.63) is 16.0 Å². The summed E-state index contributed by atoms with van der Waals surface area (Å²) in [5, 5.41) is 9.54. The minimum atomic E-state index is -8.10. The fourth-order valence-corrected chi connectivity index (χ4v) is 4.90. The third-order valence-corrected chi connectivity index (χ3v) is 7.22. The number of carbonyl (C=O) groups excluding carboxylic acids is 1. The number of alkyl halides is 13. The Hall–Kier alpha value is -2.25. The van der Waals surface area contributed by atoms with E-state index in [4.69, 9.17) is 0 Å². The molecule has 1 amide bonds. The Bertz CT molecular complexity index is 1090. The summed E-state index contributed by atoms with van der Waals surface area (Å²) >= 11 is 0.445. The van der Waals surface area contributed by atoms with Crippen molar-refractivity contribution in [3.63, 3.8) is 0 Å². The van der Waals surface area contributed by atoms with Crippen molar-refractivity contribution in [1.29, 1.82) is 5.26 Å². The minimum Gasteiger partial charge on any atom is -0.311 e. The molecular formula is C20H17F13N2OS. The van der Waals surface area contributed by atoms with Crippen LogP contribution >= 0.6 is 11.3 Å². The van der Waals surface area contributed by atoms with Crippen molar-refractivity contribution in [1.82, 2.24) is 0 Å². The van der Waals surface area contributed by atoms with E-state index in [9.17, 15) is 67.1 Å². The predicted molar refractivity (Wildman–Crippen MR) is 103 cm³/mol. The van der Waals surface area contributed by atoms with Gasteiger partial charge in [0.2, 0.25) is 0 Å². The molecule has 1 heterocycles. The predicted octanol–water partition coefficient (Wildman–Crippen LogP) is 7.45. The molecule has 1 unspecified atom stereocenters. The van der Waals surface area contributed by atoms with E-state index in [1.807, 2.05) is 20.8 Å². The lowest BCUT2D eigenvalue weighted by Crippen LogP contribution is -2.71. The Kier molecular flexibility index (Phi) is 7.46. The summed E-state index contributed by atoms with van der Waals surface area (Å²) in [4.78, 5) is 12.2. The first-order valence-electron chi connectivity index (χ1n) is 10.1. The van der Waals surface area contributed by atoms with Crippen LogP contribution in [0.4, 0.5) is 62.1 Å². The summed E-state index contributed by atoms with van der Waals surface area (Å²) in [6.07, 6.45) is -6.64. The van der Waals surface area contributed by atoms with Crippen molar-refractivity contribution in [2.75, 3.05) is 5.32 Å². The van der Waals surface area contributed by atoms with E-state index >= 15 is 0 Å². The summed E-state index contributed by atoms with van der Waals surface area (Å²) < 4.78 is 173. The van der Waals surface area contributed by atoms with Crippen LogP contribution in [0.15, 0.2) is 0 Å². The van der Waals surface area contributed by atoms with Gasteiger partial charge in [0.05, 0.1) is 5.56 Å². The quantitative estimate of drug-likeness (QED) is 0.356. The molecule has 1 N–H and O–H groups in total. The molecule has 0 aromatic carbocycles. The number of thiophene rings is 1. The fourth-order valence-electron chi connectivity index (χ4n) is 3.63. The number of nitrogens with zero attached hydrogens (tertiary/aromatic N) is 1. The Balaban J connectivity index is 2.46. The molecule has 0 spiro atoms. The molecule has 210 valence electrons. The molecule has 0 aliphatic heterocycles. The van der Waals surface area contributed by atoms with Crippen LogP contribution in [-0.2, 0) is 17.6 Å². The van der Waals surface area contributed by atoms with Gasteiger partial charge in [-0.3, -0.25) is 4.79 Å². The Morgan fingerprint density at radius 2 is 1.35 bits per heavy atom. The standard InChI is InChI=1S/C20H17F13N2OS/c1-14(2,3)8-4-5-9-10(7-34)12(37-11(9)6-8)35-13(36)15(21,22)16(23,24)17(25,26)18(27,28)19(29,30)20(31,32)33/h8H,4-6H2,1-3H3,(H,35,36). The van der Waals surface area contributed by atoms with Crippen LogP contribution in [0.1, 0.15) is 43.2 Å². The van der Waals surface area contributed by atoms with Gasteiger partial charge in [-0.05, 0) is 36.2 Å². The van der Waals surface area contributed by atoms with Crippen molar-refractivity contribution in [3.8, 4) is 6.07 Å². The smallest absolute Gasteiger partial charge is 0.311 e. The number of nitriles is 1. The van der Waals surface area contributed by atoms with E-state index < -0.39 is 52.3 Å². The highest BCUT2D eigenvalue weighted by Gasteiger charge is 2.91. The molecule has 1 atom stereocenters. The summed E-state index contributed by atoms with van der Waals surface area (Å²) in [5.41, 5.74) is -0.539. The lowest BCUT2D eigenvalue weighted by Gasteiger charge is -2.39. The van der Waals surface area contributed by atoms with E-state index in [0.717, 1.165) is 5.32 Å². The van der Waals surface area contributed by atoms with Crippen LogP contribution < -0.4 is 5.32 Å². The van der Waals surface area contributed by atoms with Gasteiger partial charge in [-0.15, -0.1) is 11.3 Å². The molecule has 0 radical (unpaired) electrons. The second-order valence-electron chi connectivity index (χ2n) is 9.45. The molecule has 0 saturated carbocycles. The third kappa shape index (κ3) is 4.63. The second kappa shape index (κ2) is 8.91. The number of amides is 1. The molecule has 17 heteroatoms. The van der Waals surface area contributed by atoms with E-state index in [-0.39, 0.29) is 29.7 Å². The highest BCUT2D eigenvalue weighted by molar-refractivity contribution is 7.16. The molecule has 2 rings (SSSR count). The number of fused-ring (bicyclic) bond motifs is 1. The number of rotatable bonds is 6. The van der Waals surface area contributed by atoms with Gasteiger partial charge in [0.25, 0.3) is 0 Å². The van der Waals surface area contributed by atoms with Crippen molar-refractivity contribution >= 4 is 22.2 Å². The number of nitrogens with one attached hydrogen (secondary N) is 1. The first-order chi connectivity index (χ1) is 16.3. The first kappa shape index (κ1) is 31.0. The van der Waals surface area contributed by atoms with E-state index in [0.29, 0.717) is 22.6 Å². The third-order valence-electron chi connectivity index (χ3n) is 6.05. The number of anilines is 1. The second-order valence-corrected chi connectivity index (χ2v) is 10.6. The van der Waals surface area contributed by atoms with E-state index in [1.165, 1.54) is 6.07 Å². The van der Waals surface area contributed by atoms with Gasteiger partial charge < -0.3 is 5.32 Å². The van der Waals surface area contributed by atoms with Gasteiger partial charge in [-0.2, -0.15) is 62.3 Å². The van der Waals surface area contributed by atoms with Crippen LogP contribution in [0.5, 0.6) is 0 Å². The Morgan fingerprint density at radius 3 is 1.78 bits per heavy atom. The van der Waals surface area contributed by atoms with Gasteiger partial charge in [0.15, 0.2) is 0 Å². The molecule has 0 fully saturated rings. The Labute approximate surface area is 204 Å². The molecule has 3 nitrogen and oxygen atoms in total. The highest BCUT2D eigenvalue weighted by Crippen LogP contribution is 2.60. The molecule has 37 heavy (non-hydrogen) atoms. The molecule has 1 aromatic heterocycles. The van der Waals surface area contributed by atoms with Gasteiger partial charge in [-0.25, -0.2) is 0 Å². The zero-order valence-electron chi connectivity index (χ0n) is 18.9. The normalized spacial score (nSPS) is 18.3. The topological polar surface area (TPSA) is 52.9 Å². The maximum atomic E-state index is 14.1. The number of hydrogen-bond acceptors (Lipinski definition) is 3. The van der Waals surface area contributed by atoms with Crippen LogP contribution in [0, 0.1) is 22.7 Å². The van der Waals surface area contributed by atoms with Gasteiger partial charge in [0, 0.05) is 4.88 Å². The average molecular weight is 580 g/mol.